The Morgan fingerprint density at radius 3 is 2.25 bits per heavy atom. The molecule has 0 aromatic carbocycles. The van der Waals surface area contributed by atoms with Crippen molar-refractivity contribution >= 4 is 7.60 Å². The lowest BCUT2D eigenvalue weighted by atomic mass is 10.4. The van der Waals surface area contributed by atoms with E-state index in [1.54, 1.807) is 0 Å². The fourth-order valence-electron chi connectivity index (χ4n) is 0.765. The predicted molar refractivity (Wildman–Crippen MR) is 50.6 cm³/mol. The van der Waals surface area contributed by atoms with Gasteiger partial charge in [0.15, 0.2) is 0 Å². The van der Waals surface area contributed by atoms with Gasteiger partial charge in [-0.15, -0.1) is 0 Å². The third kappa shape index (κ3) is 4.91. The van der Waals surface area contributed by atoms with E-state index in [-0.39, 0.29) is 0 Å². The minimum absolute atomic E-state index is 0.456. The summed E-state index contributed by atoms with van der Waals surface area (Å²) in [6.07, 6.45) is 2.46. The molecule has 0 N–H and O–H groups in total. The Labute approximate surface area is 75.0 Å². The molecule has 0 aromatic rings. The Kier molecular flexibility index (Phi) is 6.73. The second-order valence-corrected chi connectivity index (χ2v) is 4.90. The van der Waals surface area contributed by atoms with Crippen molar-refractivity contribution < 1.29 is 13.6 Å². The zero-order valence-corrected chi connectivity index (χ0v) is 9.10. The summed E-state index contributed by atoms with van der Waals surface area (Å²) >= 11 is 0. The van der Waals surface area contributed by atoms with Crippen LogP contribution in [0.2, 0.25) is 0 Å². The topological polar surface area (TPSA) is 35.5 Å². The van der Waals surface area contributed by atoms with Gasteiger partial charge in [-0.05, 0) is 13.3 Å². The molecular formula is C8H19O3P. The van der Waals surface area contributed by atoms with Crippen molar-refractivity contribution in [3.8, 4) is 0 Å². The summed E-state index contributed by atoms with van der Waals surface area (Å²) in [5, 5.41) is 0. The molecule has 0 aliphatic heterocycles. The van der Waals surface area contributed by atoms with Gasteiger partial charge in [0.2, 0.25) is 0 Å². The van der Waals surface area contributed by atoms with E-state index in [9.17, 15) is 4.57 Å². The molecule has 74 valence electrons. The van der Waals surface area contributed by atoms with Crippen LogP contribution >= 0.6 is 7.60 Å². The first-order chi connectivity index (χ1) is 5.68. The summed E-state index contributed by atoms with van der Waals surface area (Å²) in [5.74, 6) is 0. The molecule has 0 fully saturated rings. The van der Waals surface area contributed by atoms with Gasteiger partial charge in [-0.2, -0.15) is 0 Å². The highest BCUT2D eigenvalue weighted by molar-refractivity contribution is 7.53. The molecular weight excluding hydrogens is 175 g/mol. The fourth-order valence-corrected chi connectivity index (χ4v) is 2.00. The molecule has 4 heteroatoms. The Morgan fingerprint density at radius 1 is 1.17 bits per heavy atom. The van der Waals surface area contributed by atoms with Crippen LogP contribution in [0.3, 0.4) is 0 Å². The fraction of sp³-hybridized carbons (Fsp3) is 1.00. The number of hydrogen-bond acceptors (Lipinski definition) is 3. The summed E-state index contributed by atoms with van der Waals surface area (Å²) in [6, 6.07) is 0. The molecule has 0 amide bonds. The molecule has 1 unspecified atom stereocenters. The molecule has 0 aliphatic carbocycles. The van der Waals surface area contributed by atoms with Crippen LogP contribution in [0.4, 0.5) is 0 Å². The number of hydrogen-bond donors (Lipinski definition) is 0. The molecule has 0 heterocycles. The average Bonchev–Trinajstić information content (AvgIpc) is 2.06. The minimum atomic E-state index is -2.73. The van der Waals surface area contributed by atoms with Crippen LogP contribution < -0.4 is 0 Å². The van der Waals surface area contributed by atoms with Crippen molar-refractivity contribution in [2.75, 3.05) is 19.4 Å². The second kappa shape index (κ2) is 6.64. The maximum Gasteiger partial charge on any atom is 0.330 e. The van der Waals surface area contributed by atoms with Crippen molar-refractivity contribution in [2.45, 2.75) is 33.6 Å². The van der Waals surface area contributed by atoms with Crippen molar-refractivity contribution in [1.82, 2.24) is 0 Å². The van der Waals surface area contributed by atoms with E-state index >= 15 is 0 Å². The molecule has 0 saturated carbocycles. The lowest BCUT2D eigenvalue weighted by Gasteiger charge is -2.15. The third-order valence-corrected chi connectivity index (χ3v) is 3.50. The van der Waals surface area contributed by atoms with E-state index in [0.717, 1.165) is 12.8 Å². The Balaban J connectivity index is 3.72. The second-order valence-electron chi connectivity index (χ2n) is 2.53. The SMILES string of the molecule is CCCCOP(=O)(CC)OCC. The molecule has 0 aromatic heterocycles. The Bertz CT molecular complexity index is 147. The highest BCUT2D eigenvalue weighted by atomic mass is 31.2. The smallest absolute Gasteiger partial charge is 0.309 e. The molecule has 12 heavy (non-hydrogen) atoms. The summed E-state index contributed by atoms with van der Waals surface area (Å²) in [4.78, 5) is 0. The van der Waals surface area contributed by atoms with Gasteiger partial charge in [0, 0.05) is 6.16 Å². The van der Waals surface area contributed by atoms with Gasteiger partial charge in [0.05, 0.1) is 13.2 Å². The Morgan fingerprint density at radius 2 is 1.83 bits per heavy atom. The molecule has 0 radical (unpaired) electrons. The quantitative estimate of drug-likeness (QED) is 0.461. The monoisotopic (exact) mass is 194 g/mol. The van der Waals surface area contributed by atoms with Gasteiger partial charge >= 0.3 is 7.60 Å². The van der Waals surface area contributed by atoms with Crippen LogP contribution in [0.5, 0.6) is 0 Å². The van der Waals surface area contributed by atoms with Crippen molar-refractivity contribution in [2.24, 2.45) is 0 Å². The normalized spacial score (nSPS) is 15.9. The van der Waals surface area contributed by atoms with Gasteiger partial charge in [0.1, 0.15) is 0 Å². The van der Waals surface area contributed by atoms with Gasteiger partial charge in [-0.1, -0.05) is 20.3 Å². The van der Waals surface area contributed by atoms with E-state index in [1.165, 1.54) is 0 Å². The van der Waals surface area contributed by atoms with Crippen LogP contribution in [-0.4, -0.2) is 19.4 Å². The molecule has 0 aliphatic rings. The summed E-state index contributed by atoms with van der Waals surface area (Å²) in [6.45, 7) is 6.72. The van der Waals surface area contributed by atoms with Gasteiger partial charge < -0.3 is 9.05 Å². The zero-order chi connectivity index (χ0) is 9.45. The maximum atomic E-state index is 11.6. The summed E-state index contributed by atoms with van der Waals surface area (Å²) < 4.78 is 21.9. The van der Waals surface area contributed by atoms with E-state index in [0.29, 0.717) is 19.4 Å². The molecule has 0 bridgehead atoms. The lowest BCUT2D eigenvalue weighted by Crippen LogP contribution is -1.99. The van der Waals surface area contributed by atoms with Crippen molar-refractivity contribution in [3.63, 3.8) is 0 Å². The predicted octanol–water partition coefficient (Wildman–Crippen LogP) is 3.05. The highest BCUT2D eigenvalue weighted by Crippen LogP contribution is 2.47. The van der Waals surface area contributed by atoms with Gasteiger partial charge in [-0.25, -0.2) is 0 Å². The van der Waals surface area contributed by atoms with E-state index in [1.807, 2.05) is 13.8 Å². The van der Waals surface area contributed by atoms with E-state index < -0.39 is 7.60 Å². The highest BCUT2D eigenvalue weighted by Gasteiger charge is 2.19. The van der Waals surface area contributed by atoms with Gasteiger partial charge in [0.25, 0.3) is 0 Å². The molecule has 3 nitrogen and oxygen atoms in total. The largest absolute Gasteiger partial charge is 0.330 e. The van der Waals surface area contributed by atoms with Crippen LogP contribution in [0.15, 0.2) is 0 Å². The molecule has 1 atom stereocenters. The first-order valence-electron chi connectivity index (χ1n) is 4.56. The Hall–Kier alpha value is 0.150. The first-order valence-corrected chi connectivity index (χ1v) is 6.29. The maximum absolute atomic E-state index is 11.6. The van der Waals surface area contributed by atoms with E-state index in [4.69, 9.17) is 9.05 Å². The average molecular weight is 194 g/mol. The third-order valence-electron chi connectivity index (χ3n) is 1.50. The van der Waals surface area contributed by atoms with Crippen LogP contribution in [-0.2, 0) is 13.6 Å². The number of rotatable bonds is 7. The van der Waals surface area contributed by atoms with Crippen LogP contribution in [0.25, 0.3) is 0 Å². The van der Waals surface area contributed by atoms with Gasteiger partial charge in [-0.3, -0.25) is 4.57 Å². The zero-order valence-electron chi connectivity index (χ0n) is 8.21. The molecule has 0 rings (SSSR count). The van der Waals surface area contributed by atoms with Crippen molar-refractivity contribution in [3.05, 3.63) is 0 Å². The summed E-state index contributed by atoms with van der Waals surface area (Å²) in [5.41, 5.74) is 0. The van der Waals surface area contributed by atoms with E-state index in [2.05, 4.69) is 6.92 Å². The van der Waals surface area contributed by atoms with Crippen LogP contribution in [0.1, 0.15) is 33.6 Å². The van der Waals surface area contributed by atoms with Crippen molar-refractivity contribution in [1.29, 1.82) is 0 Å². The lowest BCUT2D eigenvalue weighted by molar-refractivity contribution is 0.210. The van der Waals surface area contributed by atoms with Crippen LogP contribution in [0, 0.1) is 0 Å². The minimum Gasteiger partial charge on any atom is -0.309 e. The molecule has 0 spiro atoms. The summed E-state index contributed by atoms with van der Waals surface area (Å²) in [7, 11) is -2.73. The standard InChI is InChI=1S/C8H19O3P/c1-4-7-8-11-12(9,6-3)10-5-2/h4-8H2,1-3H3. The number of unbranched alkanes of at least 4 members (excludes halogenated alkanes) is 1. The first kappa shape index (κ1) is 12.2. The molecule has 0 saturated heterocycles.